The molecule has 0 radical (unpaired) electrons. The summed E-state index contributed by atoms with van der Waals surface area (Å²) in [4.78, 5) is 16.9. The van der Waals surface area contributed by atoms with Crippen LogP contribution in [0.1, 0.15) is 50.2 Å². The maximum Gasteiger partial charge on any atom is 0.172 e. The van der Waals surface area contributed by atoms with E-state index in [1.807, 2.05) is 0 Å². The van der Waals surface area contributed by atoms with Crippen LogP contribution in [0, 0.1) is 23.7 Å². The Bertz CT molecular complexity index is 799. The number of likely N-dealkylation sites (tertiary alicyclic amines) is 1. The summed E-state index contributed by atoms with van der Waals surface area (Å²) in [5.41, 5.74) is 5.11. The fourth-order valence-electron chi connectivity index (χ4n) is 4.28. The number of hydrogen-bond acceptors (Lipinski definition) is 4. The van der Waals surface area contributed by atoms with Crippen molar-refractivity contribution < 1.29 is 4.79 Å². The lowest BCUT2D eigenvalue weighted by atomic mass is 9.90. The number of carbonyl (C=O) groups is 1. The topological polar surface area (TPSA) is 47.3 Å². The van der Waals surface area contributed by atoms with Gasteiger partial charge in [0.2, 0.25) is 0 Å². The van der Waals surface area contributed by atoms with Gasteiger partial charge in [-0.25, -0.2) is 0 Å². The number of allylic oxidation sites excluding steroid dienone is 1. The smallest absolute Gasteiger partial charge is 0.172 e. The van der Waals surface area contributed by atoms with E-state index in [2.05, 4.69) is 41.0 Å². The summed E-state index contributed by atoms with van der Waals surface area (Å²) in [7, 11) is 0. The molecule has 4 heteroatoms. The van der Waals surface area contributed by atoms with Crippen LogP contribution in [0.15, 0.2) is 23.8 Å². The first-order valence-electron chi connectivity index (χ1n) is 9.79. The highest BCUT2D eigenvalue weighted by molar-refractivity contribution is 6.04. The Balaban J connectivity index is 1.76. The normalized spacial score (nSPS) is 21.7. The fraction of sp³-hybridized carbons (Fsp3) is 0.545. The molecule has 4 nitrogen and oxygen atoms in total. The maximum atomic E-state index is 12.3. The highest BCUT2D eigenvalue weighted by Crippen LogP contribution is 2.54. The molecule has 3 fully saturated rings. The first-order valence-corrected chi connectivity index (χ1v) is 9.79. The lowest BCUT2D eigenvalue weighted by Gasteiger charge is -2.37. The minimum absolute atomic E-state index is 0.136. The zero-order valence-electron chi connectivity index (χ0n) is 15.8. The molecule has 4 rings (SSSR count). The second-order valence-electron chi connectivity index (χ2n) is 8.22. The van der Waals surface area contributed by atoms with Gasteiger partial charge in [0.05, 0.1) is 5.70 Å². The third kappa shape index (κ3) is 3.00. The molecule has 0 atom stereocenters. The number of hydrogen-bond donors (Lipinski definition) is 0. The summed E-state index contributed by atoms with van der Waals surface area (Å²) in [5, 5.41) is 9.73. The van der Waals surface area contributed by atoms with Crippen molar-refractivity contribution in [2.45, 2.75) is 46.0 Å². The molecule has 0 N–H and O–H groups in total. The molecule has 1 aromatic carbocycles. The number of carbonyl (C=O) groups excluding carboxylic acids is 1. The number of nitrogens with zero attached hydrogens (tertiary/aromatic N) is 3. The minimum atomic E-state index is -0.136. The predicted molar refractivity (Wildman–Crippen MR) is 104 cm³/mol. The largest absolute Gasteiger partial charge is 0.371 e. The van der Waals surface area contributed by atoms with E-state index < -0.39 is 0 Å². The second-order valence-corrected chi connectivity index (χ2v) is 8.22. The molecule has 3 aliphatic rings. The van der Waals surface area contributed by atoms with Crippen LogP contribution < -0.4 is 4.90 Å². The molecule has 1 saturated carbocycles. The summed E-state index contributed by atoms with van der Waals surface area (Å²) in [6.07, 6.45) is 6.29. The van der Waals surface area contributed by atoms with Crippen molar-refractivity contribution in [3.05, 3.63) is 34.9 Å². The molecule has 2 aliphatic heterocycles. The molecule has 1 aromatic rings. The molecule has 0 aromatic heterocycles. The third-order valence-corrected chi connectivity index (χ3v) is 6.50. The number of nitriles is 1. The Labute approximate surface area is 156 Å². The van der Waals surface area contributed by atoms with Gasteiger partial charge in [0, 0.05) is 37.4 Å². The van der Waals surface area contributed by atoms with Crippen LogP contribution in [0.5, 0.6) is 0 Å². The van der Waals surface area contributed by atoms with Gasteiger partial charge < -0.3 is 9.80 Å². The molecule has 1 spiro atoms. The number of rotatable bonds is 4. The lowest BCUT2D eigenvalue weighted by Crippen LogP contribution is -2.37. The van der Waals surface area contributed by atoms with Gasteiger partial charge in [0.15, 0.2) is 5.78 Å². The molecule has 1 aliphatic carbocycles. The summed E-state index contributed by atoms with van der Waals surface area (Å²) in [6.45, 7) is 7.66. The Morgan fingerprint density at radius 1 is 1.12 bits per heavy atom. The first-order chi connectivity index (χ1) is 12.5. The van der Waals surface area contributed by atoms with Crippen molar-refractivity contribution in [2.24, 2.45) is 5.41 Å². The van der Waals surface area contributed by atoms with Gasteiger partial charge in [-0.1, -0.05) is 6.07 Å². The third-order valence-electron chi connectivity index (χ3n) is 6.50. The summed E-state index contributed by atoms with van der Waals surface area (Å²) in [6, 6.07) is 8.69. The van der Waals surface area contributed by atoms with Crippen LogP contribution in [0.3, 0.4) is 0 Å². The van der Waals surface area contributed by atoms with Gasteiger partial charge in [-0.15, -0.1) is 0 Å². The van der Waals surface area contributed by atoms with E-state index in [1.54, 1.807) is 0 Å². The number of Topliss-reactive ketones (excluding diaryl/α,β-unsaturated/α-hetero) is 1. The fourth-order valence-corrected chi connectivity index (χ4v) is 4.28. The summed E-state index contributed by atoms with van der Waals surface area (Å²) in [5.74, 6) is -0.136. The quantitative estimate of drug-likeness (QED) is 0.611. The van der Waals surface area contributed by atoms with Gasteiger partial charge in [-0.2, -0.15) is 5.26 Å². The van der Waals surface area contributed by atoms with Crippen LogP contribution in [0.2, 0.25) is 0 Å². The van der Waals surface area contributed by atoms with Crippen molar-refractivity contribution >= 4 is 17.2 Å². The molecule has 0 bridgehead atoms. The molecule has 2 heterocycles. The van der Waals surface area contributed by atoms with Gasteiger partial charge in [0.25, 0.3) is 0 Å². The van der Waals surface area contributed by atoms with Crippen molar-refractivity contribution in [1.29, 1.82) is 5.26 Å². The average molecular weight is 349 g/mol. The number of ketones is 1. The van der Waals surface area contributed by atoms with E-state index in [9.17, 15) is 10.1 Å². The number of benzene rings is 1. The van der Waals surface area contributed by atoms with Crippen molar-refractivity contribution in [1.82, 2.24) is 4.90 Å². The lowest BCUT2D eigenvalue weighted by molar-refractivity contribution is -0.113. The van der Waals surface area contributed by atoms with Crippen LogP contribution in [-0.4, -0.2) is 36.9 Å². The Morgan fingerprint density at radius 2 is 1.81 bits per heavy atom. The standard InChI is InChI=1S/C22H27N3O/c1-16-4-5-18(24-10-3-11-24)14-19(16)21(20(15-23)17(2)26)25-12-8-22(6-7-22)9-13-25/h4-5,14H,3,6-13H2,1-2H3/b21-20+. The number of anilines is 1. The zero-order chi connectivity index (χ0) is 18.3. The van der Waals surface area contributed by atoms with Gasteiger partial charge >= 0.3 is 0 Å². The van der Waals surface area contributed by atoms with Gasteiger partial charge in [0.1, 0.15) is 11.6 Å². The molecule has 26 heavy (non-hydrogen) atoms. The Hall–Kier alpha value is -2.28. The highest BCUT2D eigenvalue weighted by atomic mass is 16.1. The van der Waals surface area contributed by atoms with Crippen molar-refractivity contribution in [3.63, 3.8) is 0 Å². The molecule has 2 saturated heterocycles. The van der Waals surface area contributed by atoms with E-state index in [0.717, 1.165) is 43.0 Å². The van der Waals surface area contributed by atoms with E-state index in [-0.39, 0.29) is 5.78 Å². The first kappa shape index (κ1) is 17.1. The highest BCUT2D eigenvalue weighted by Gasteiger charge is 2.45. The van der Waals surface area contributed by atoms with E-state index in [1.165, 1.54) is 44.7 Å². The van der Waals surface area contributed by atoms with Crippen LogP contribution in [0.25, 0.3) is 5.70 Å². The predicted octanol–water partition coefficient (Wildman–Crippen LogP) is 3.90. The van der Waals surface area contributed by atoms with Crippen LogP contribution in [0.4, 0.5) is 5.69 Å². The number of piperidine rings is 1. The van der Waals surface area contributed by atoms with Gasteiger partial charge in [-0.3, -0.25) is 4.79 Å². The summed E-state index contributed by atoms with van der Waals surface area (Å²) < 4.78 is 0. The molecule has 0 amide bonds. The Kier molecular flexibility index (Phi) is 4.26. The van der Waals surface area contributed by atoms with Crippen molar-refractivity contribution in [3.8, 4) is 6.07 Å². The monoisotopic (exact) mass is 349 g/mol. The second kappa shape index (κ2) is 6.46. The summed E-state index contributed by atoms with van der Waals surface area (Å²) >= 11 is 0. The number of aryl methyl sites for hydroxylation is 1. The molecule has 136 valence electrons. The molecule has 0 unspecified atom stereocenters. The van der Waals surface area contributed by atoms with Crippen LogP contribution in [-0.2, 0) is 4.79 Å². The minimum Gasteiger partial charge on any atom is -0.371 e. The van der Waals surface area contributed by atoms with Crippen molar-refractivity contribution in [2.75, 3.05) is 31.1 Å². The van der Waals surface area contributed by atoms with Gasteiger partial charge in [-0.05, 0) is 69.1 Å². The average Bonchev–Trinajstić information content (AvgIpc) is 3.33. The van der Waals surface area contributed by atoms with E-state index >= 15 is 0 Å². The maximum absolute atomic E-state index is 12.3. The van der Waals surface area contributed by atoms with E-state index in [0.29, 0.717) is 11.0 Å². The Morgan fingerprint density at radius 3 is 2.31 bits per heavy atom. The van der Waals surface area contributed by atoms with Crippen LogP contribution >= 0.6 is 0 Å². The molecular weight excluding hydrogens is 322 g/mol. The molecular formula is C22H27N3O. The zero-order valence-corrected chi connectivity index (χ0v) is 15.8. The SMILES string of the molecule is CC(=O)/C(C#N)=C(\c1cc(N2CCC2)ccc1C)N1CCC2(CC1)CC2. The van der Waals surface area contributed by atoms with E-state index in [4.69, 9.17) is 0 Å².